The quantitative estimate of drug-likeness (QED) is 0.390. The van der Waals surface area contributed by atoms with E-state index in [-0.39, 0.29) is 5.75 Å². The Morgan fingerprint density at radius 3 is 2.62 bits per heavy atom. The van der Waals surface area contributed by atoms with Gasteiger partial charge in [0.1, 0.15) is 0 Å². The van der Waals surface area contributed by atoms with Crippen LogP contribution in [0, 0.1) is 5.92 Å². The number of nitrogens with one attached hydrogen (secondary N) is 1. The van der Waals surface area contributed by atoms with Gasteiger partial charge >= 0.3 is 0 Å². The molecule has 7 nitrogen and oxygen atoms in total. The maximum absolute atomic E-state index is 12.1. The molecule has 0 radical (unpaired) electrons. The Hall–Kier alpha value is -0.860. The van der Waals surface area contributed by atoms with Gasteiger partial charge in [-0.25, -0.2) is 8.42 Å². The van der Waals surface area contributed by atoms with Crippen molar-refractivity contribution in [2.24, 2.45) is 10.9 Å². The Morgan fingerprint density at radius 2 is 2.04 bits per heavy atom. The SMILES string of the molecule is CN=C(NCCS(=O)(=O)C(C)(C)C)N1CCC(COCCOC)C1. The molecule has 1 atom stereocenters. The third kappa shape index (κ3) is 6.57. The van der Waals surface area contributed by atoms with Crippen LogP contribution < -0.4 is 5.32 Å². The third-order valence-electron chi connectivity index (χ3n) is 4.17. The van der Waals surface area contributed by atoms with Crippen LogP contribution in [0.25, 0.3) is 0 Å². The zero-order chi connectivity index (χ0) is 18.2. The lowest BCUT2D eigenvalue weighted by molar-refractivity contribution is 0.0536. The summed E-state index contributed by atoms with van der Waals surface area (Å²) in [5, 5.41) is 3.17. The van der Waals surface area contributed by atoms with Crippen LogP contribution in [0.2, 0.25) is 0 Å². The molecule has 0 amide bonds. The lowest BCUT2D eigenvalue weighted by Gasteiger charge is -2.23. The molecule has 0 saturated carbocycles. The van der Waals surface area contributed by atoms with Crippen molar-refractivity contribution in [1.29, 1.82) is 0 Å². The molecule has 1 fully saturated rings. The van der Waals surface area contributed by atoms with Crippen LogP contribution in [0.3, 0.4) is 0 Å². The van der Waals surface area contributed by atoms with Gasteiger partial charge in [-0.05, 0) is 27.2 Å². The summed E-state index contributed by atoms with van der Waals surface area (Å²) in [5.41, 5.74) is 0. The third-order valence-corrected chi connectivity index (χ3v) is 6.78. The Bertz CT molecular complexity index is 500. The Morgan fingerprint density at radius 1 is 1.33 bits per heavy atom. The van der Waals surface area contributed by atoms with Gasteiger partial charge in [-0.15, -0.1) is 0 Å². The van der Waals surface area contributed by atoms with Crippen molar-refractivity contribution < 1.29 is 17.9 Å². The summed E-state index contributed by atoms with van der Waals surface area (Å²) >= 11 is 0. The normalized spacial score (nSPS) is 19.8. The van der Waals surface area contributed by atoms with Crippen LogP contribution in [-0.2, 0) is 19.3 Å². The second-order valence-corrected chi connectivity index (χ2v) is 9.94. The van der Waals surface area contributed by atoms with Crippen LogP contribution in [0.15, 0.2) is 4.99 Å². The number of aliphatic imine (C=N–C) groups is 1. The Kier molecular flexibility index (Phi) is 8.45. The highest BCUT2D eigenvalue weighted by atomic mass is 32.2. The molecule has 1 saturated heterocycles. The first-order valence-corrected chi connectivity index (χ1v) is 10.1. The Balaban J connectivity index is 2.38. The molecular formula is C16H33N3O4S. The number of nitrogens with zero attached hydrogens (tertiary/aromatic N) is 2. The number of sulfone groups is 1. The number of hydrogen-bond donors (Lipinski definition) is 1. The number of hydrogen-bond acceptors (Lipinski definition) is 5. The molecule has 1 aliphatic heterocycles. The van der Waals surface area contributed by atoms with Crippen LogP contribution in [-0.4, -0.2) is 83.4 Å². The van der Waals surface area contributed by atoms with Crippen LogP contribution >= 0.6 is 0 Å². The molecule has 142 valence electrons. The molecular weight excluding hydrogens is 330 g/mol. The van der Waals surface area contributed by atoms with E-state index < -0.39 is 14.6 Å². The minimum Gasteiger partial charge on any atom is -0.382 e. The van der Waals surface area contributed by atoms with E-state index in [2.05, 4.69) is 15.2 Å². The predicted molar refractivity (Wildman–Crippen MR) is 97.3 cm³/mol. The van der Waals surface area contributed by atoms with Crippen molar-refractivity contribution in [2.45, 2.75) is 31.9 Å². The van der Waals surface area contributed by atoms with Gasteiger partial charge in [0.25, 0.3) is 0 Å². The van der Waals surface area contributed by atoms with Crippen LogP contribution in [0.5, 0.6) is 0 Å². The standard InChI is InChI=1S/C16H33N3O4S/c1-16(2,3)24(20,21)11-7-18-15(17-4)19-8-6-14(12-19)13-23-10-9-22-5/h14H,6-13H2,1-5H3,(H,17,18). The van der Waals surface area contributed by atoms with Gasteiger partial charge in [-0.3, -0.25) is 4.99 Å². The molecule has 1 rings (SSSR count). The number of methoxy groups -OCH3 is 1. The molecule has 0 bridgehead atoms. The van der Waals surface area contributed by atoms with Gasteiger partial charge in [-0.1, -0.05) is 0 Å². The molecule has 1 aliphatic rings. The van der Waals surface area contributed by atoms with Gasteiger partial charge in [0.15, 0.2) is 15.8 Å². The van der Waals surface area contributed by atoms with Gasteiger partial charge in [0, 0.05) is 39.7 Å². The lowest BCUT2D eigenvalue weighted by Crippen LogP contribution is -2.43. The van der Waals surface area contributed by atoms with E-state index in [1.165, 1.54) is 0 Å². The highest BCUT2D eigenvalue weighted by Gasteiger charge is 2.29. The van der Waals surface area contributed by atoms with E-state index >= 15 is 0 Å². The van der Waals surface area contributed by atoms with Crippen LogP contribution in [0.4, 0.5) is 0 Å². The molecule has 1 N–H and O–H groups in total. The van der Waals surface area contributed by atoms with Crippen molar-refractivity contribution in [1.82, 2.24) is 10.2 Å². The molecule has 24 heavy (non-hydrogen) atoms. The first-order chi connectivity index (χ1) is 11.2. The van der Waals surface area contributed by atoms with Gasteiger partial charge in [-0.2, -0.15) is 0 Å². The largest absolute Gasteiger partial charge is 0.382 e. The molecule has 1 unspecified atom stereocenters. The van der Waals surface area contributed by atoms with E-state index in [9.17, 15) is 8.42 Å². The van der Waals surface area contributed by atoms with E-state index in [4.69, 9.17) is 9.47 Å². The van der Waals surface area contributed by atoms with E-state index in [1.807, 2.05) is 0 Å². The Labute approximate surface area is 146 Å². The minimum absolute atomic E-state index is 0.104. The second-order valence-electron chi connectivity index (χ2n) is 7.07. The van der Waals surface area contributed by atoms with E-state index in [0.29, 0.717) is 25.7 Å². The summed E-state index contributed by atoms with van der Waals surface area (Å²) in [5.74, 6) is 1.34. The fourth-order valence-corrected chi connectivity index (χ4v) is 3.47. The molecule has 0 aromatic carbocycles. The summed E-state index contributed by atoms with van der Waals surface area (Å²) in [7, 11) is 0.267. The number of likely N-dealkylation sites (tertiary alicyclic amines) is 1. The zero-order valence-corrected chi connectivity index (χ0v) is 16.5. The van der Waals surface area contributed by atoms with Gasteiger partial charge < -0.3 is 19.7 Å². The molecule has 0 aromatic rings. The number of rotatable bonds is 8. The van der Waals surface area contributed by atoms with Gasteiger partial charge in [0.05, 0.1) is 30.3 Å². The first-order valence-electron chi connectivity index (χ1n) is 8.46. The van der Waals surface area contributed by atoms with E-state index in [0.717, 1.165) is 32.1 Å². The average molecular weight is 364 g/mol. The maximum atomic E-state index is 12.1. The summed E-state index contributed by atoms with van der Waals surface area (Å²) in [4.78, 5) is 6.43. The van der Waals surface area contributed by atoms with Crippen molar-refractivity contribution >= 4 is 15.8 Å². The summed E-state index contributed by atoms with van der Waals surface area (Å²) in [6, 6.07) is 0. The molecule has 0 aliphatic carbocycles. The number of ether oxygens (including phenoxy) is 2. The van der Waals surface area contributed by atoms with E-state index in [1.54, 1.807) is 34.9 Å². The highest BCUT2D eigenvalue weighted by Crippen LogP contribution is 2.17. The molecule has 8 heteroatoms. The van der Waals surface area contributed by atoms with Crippen molar-refractivity contribution in [2.75, 3.05) is 59.4 Å². The summed E-state index contributed by atoms with van der Waals surface area (Å²) < 4.78 is 34.1. The number of guanidine groups is 1. The monoisotopic (exact) mass is 363 g/mol. The summed E-state index contributed by atoms with van der Waals surface area (Å²) in [6.07, 6.45) is 1.05. The zero-order valence-electron chi connectivity index (χ0n) is 15.7. The van der Waals surface area contributed by atoms with Gasteiger partial charge in [0.2, 0.25) is 0 Å². The topological polar surface area (TPSA) is 80.2 Å². The smallest absolute Gasteiger partial charge is 0.193 e. The fraction of sp³-hybridized carbons (Fsp3) is 0.938. The maximum Gasteiger partial charge on any atom is 0.193 e. The van der Waals surface area contributed by atoms with Crippen LogP contribution in [0.1, 0.15) is 27.2 Å². The minimum atomic E-state index is -3.12. The second kappa shape index (κ2) is 9.58. The fourth-order valence-electron chi connectivity index (χ4n) is 2.49. The summed E-state index contributed by atoms with van der Waals surface area (Å²) in [6.45, 7) is 9.28. The average Bonchev–Trinajstić information content (AvgIpc) is 2.95. The molecule has 0 aromatic heterocycles. The van der Waals surface area contributed by atoms with Crippen molar-refractivity contribution in [3.63, 3.8) is 0 Å². The van der Waals surface area contributed by atoms with Crippen molar-refractivity contribution in [3.8, 4) is 0 Å². The lowest BCUT2D eigenvalue weighted by atomic mass is 10.1. The van der Waals surface area contributed by atoms with Crippen molar-refractivity contribution in [3.05, 3.63) is 0 Å². The highest BCUT2D eigenvalue weighted by molar-refractivity contribution is 7.92. The molecule has 0 spiro atoms. The first kappa shape index (κ1) is 21.2. The predicted octanol–water partition coefficient (Wildman–Crippen LogP) is 0.760. The molecule has 1 heterocycles.